The predicted molar refractivity (Wildman–Crippen MR) is 175 cm³/mol. The van der Waals surface area contributed by atoms with E-state index in [4.69, 9.17) is 11.3 Å². The summed E-state index contributed by atoms with van der Waals surface area (Å²) >= 11 is 0. The predicted octanol–water partition coefficient (Wildman–Crippen LogP) is 9.98. The Bertz CT molecular complexity index is 2310. The molecule has 0 unspecified atom stereocenters. The van der Waals surface area contributed by atoms with Gasteiger partial charge in [0.1, 0.15) is 11.6 Å². The molecule has 7 aromatic rings. The number of ether oxygens (including phenoxy) is 1. The molecule has 0 amide bonds. The fourth-order valence-electron chi connectivity index (χ4n) is 5.84. The van der Waals surface area contributed by atoms with Crippen molar-refractivity contribution in [3.63, 3.8) is 0 Å². The van der Waals surface area contributed by atoms with Crippen molar-refractivity contribution in [3.05, 3.63) is 157 Å². The van der Waals surface area contributed by atoms with Crippen LogP contribution in [0.3, 0.4) is 0 Å². The van der Waals surface area contributed by atoms with Crippen molar-refractivity contribution >= 4 is 50.2 Å². The van der Waals surface area contributed by atoms with E-state index >= 15 is 0 Å². The number of halogens is 1. The van der Waals surface area contributed by atoms with Crippen LogP contribution < -0.4 is 14.5 Å². The second-order valence-electron chi connectivity index (χ2n) is 10.7. The number of aryl methyl sites for hydroxylation is 1. The molecule has 0 bridgehead atoms. The number of aromatic nitrogens is 2. The Morgan fingerprint density at radius 1 is 0.783 bits per heavy atom. The van der Waals surface area contributed by atoms with Crippen molar-refractivity contribution in [1.29, 1.82) is 0 Å². The van der Waals surface area contributed by atoms with Gasteiger partial charge in [0, 0.05) is 61.3 Å². The summed E-state index contributed by atoms with van der Waals surface area (Å²) in [6, 6.07) is 40.7. The second-order valence-corrected chi connectivity index (χ2v) is 10.7. The van der Waals surface area contributed by atoms with Crippen LogP contribution in [0.15, 0.2) is 115 Å². The van der Waals surface area contributed by atoms with Gasteiger partial charge in [-0.2, -0.15) is 6.07 Å². The normalized spacial score (nSPS) is 12.2. The maximum atomic E-state index is 14.9. The molecule has 226 valence electrons. The number of anilines is 4. The number of hydrogen-bond acceptors (Lipinski definition) is 4. The summed E-state index contributed by atoms with van der Waals surface area (Å²) in [4.78, 5) is 12.0. The van der Waals surface area contributed by atoms with E-state index in [1.807, 2.05) is 72.5 Å². The second kappa shape index (κ2) is 11.8. The molecule has 0 atom stereocenters. The maximum absolute atomic E-state index is 14.9. The van der Waals surface area contributed by atoms with Crippen molar-refractivity contribution in [2.45, 2.75) is 6.92 Å². The van der Waals surface area contributed by atoms with Gasteiger partial charge < -0.3 is 19.1 Å². The Morgan fingerprint density at radius 2 is 1.52 bits per heavy atom. The van der Waals surface area contributed by atoms with Gasteiger partial charge in [-0.3, -0.25) is 4.85 Å². The van der Waals surface area contributed by atoms with Crippen LogP contribution in [0.5, 0.6) is 11.5 Å². The molecule has 0 radical (unpaired) electrons. The van der Waals surface area contributed by atoms with Gasteiger partial charge in [0.15, 0.2) is 0 Å². The third-order valence-corrected chi connectivity index (χ3v) is 7.85. The Labute approximate surface area is 280 Å². The Morgan fingerprint density at radius 3 is 2.30 bits per heavy atom. The van der Waals surface area contributed by atoms with E-state index < -0.39 is 0 Å². The summed E-state index contributed by atoms with van der Waals surface area (Å²) in [5, 5.41) is 2.11. The minimum absolute atomic E-state index is 0. The summed E-state index contributed by atoms with van der Waals surface area (Å²) < 4.78 is 23.3. The largest absolute Gasteiger partial charge is 0.510 e. The third kappa shape index (κ3) is 4.98. The smallest absolute Gasteiger partial charge is 0.144 e. The zero-order valence-electron chi connectivity index (χ0n) is 24.4. The first-order valence-electron chi connectivity index (χ1n) is 14.4. The van der Waals surface area contributed by atoms with Crippen molar-refractivity contribution in [1.82, 2.24) is 9.55 Å². The van der Waals surface area contributed by atoms with Crippen LogP contribution in [0.1, 0.15) is 5.56 Å². The average molecular weight is 780 g/mol. The number of hydrogen-bond donors (Lipinski definition) is 0. The zero-order chi connectivity index (χ0) is 30.5. The number of para-hydroxylation sites is 4. The van der Waals surface area contributed by atoms with Gasteiger partial charge in [-0.1, -0.05) is 48.0 Å². The monoisotopic (exact) mass is 779 g/mol. The van der Waals surface area contributed by atoms with Crippen LogP contribution in [0, 0.1) is 38.1 Å². The van der Waals surface area contributed by atoms with Gasteiger partial charge in [0.2, 0.25) is 0 Å². The Kier molecular flexibility index (Phi) is 7.52. The van der Waals surface area contributed by atoms with E-state index in [0.717, 1.165) is 44.6 Å². The van der Waals surface area contributed by atoms with Gasteiger partial charge in [0.25, 0.3) is 0 Å². The van der Waals surface area contributed by atoms with E-state index in [-0.39, 0.29) is 26.9 Å². The summed E-state index contributed by atoms with van der Waals surface area (Å²) in [5.74, 6) is 1.29. The molecule has 0 N–H and O–H groups in total. The molecule has 2 aromatic heterocycles. The molecule has 0 spiro atoms. The number of nitrogens with zero attached hydrogens (tertiary/aromatic N) is 5. The first kappa shape index (κ1) is 29.3. The van der Waals surface area contributed by atoms with Crippen LogP contribution in [0.25, 0.3) is 32.5 Å². The summed E-state index contributed by atoms with van der Waals surface area (Å²) in [5.41, 5.74) is 5.98. The van der Waals surface area contributed by atoms with Crippen LogP contribution >= 0.6 is 0 Å². The van der Waals surface area contributed by atoms with Crippen molar-refractivity contribution in [2.24, 2.45) is 0 Å². The molecule has 1 aliphatic heterocycles. The van der Waals surface area contributed by atoms with Crippen LogP contribution in [0.2, 0.25) is 0 Å². The number of benzene rings is 5. The molecular formula is C38H23FN5OPt-3. The number of pyridine rings is 1. The fraction of sp³-hybridized carbons (Fsp3) is 0.0263. The van der Waals surface area contributed by atoms with Gasteiger partial charge in [0.05, 0.1) is 12.3 Å². The molecule has 0 saturated heterocycles. The van der Waals surface area contributed by atoms with Crippen molar-refractivity contribution in [3.8, 4) is 17.3 Å². The van der Waals surface area contributed by atoms with Crippen LogP contribution in [-0.2, 0) is 21.1 Å². The van der Waals surface area contributed by atoms with E-state index in [0.29, 0.717) is 28.6 Å². The fourth-order valence-corrected chi connectivity index (χ4v) is 5.84. The van der Waals surface area contributed by atoms with Gasteiger partial charge in [-0.15, -0.1) is 48.1 Å². The molecule has 0 aliphatic carbocycles. The van der Waals surface area contributed by atoms with Gasteiger partial charge >= 0.3 is 0 Å². The van der Waals surface area contributed by atoms with E-state index in [1.165, 1.54) is 6.07 Å². The number of rotatable bonds is 5. The Hall–Kier alpha value is -5.44. The van der Waals surface area contributed by atoms with Gasteiger partial charge in [-0.25, -0.2) is 9.37 Å². The molecule has 8 heteroatoms. The Balaban J connectivity index is 0.00000338. The molecule has 46 heavy (non-hydrogen) atoms. The first-order chi connectivity index (χ1) is 22.1. The molecule has 1 aliphatic rings. The SMILES string of the molecule is [C-]#[N+]c1cc(Oc2[c-]c3c(cc2)c2ccccc2n3-c2cc(C)ccn2)[c-]c(N2[CH-]N(c3ccccc3F)c3ccccc32)c1.[Pt]. The molecular weight excluding hydrogens is 757 g/mol. The maximum Gasteiger partial charge on any atom is 0.144 e. The minimum Gasteiger partial charge on any atom is -0.510 e. The van der Waals surface area contributed by atoms with Crippen molar-refractivity contribution < 1.29 is 30.2 Å². The standard InChI is InChI=1S/C38H23FN5O.Pt/c1-25-17-18-41-38(19-25)44-33-11-5-3-9-30(33)31-16-15-28(23-37(31)44)45-29-21-26(40-2)20-27(22-29)42-24-43(34-12-6-4-10-32(34)39)36-14-8-7-13-35(36)42;/h3-21,24H,1H3;/q-3;. The van der Waals surface area contributed by atoms with Crippen molar-refractivity contribution in [2.75, 3.05) is 9.80 Å². The summed E-state index contributed by atoms with van der Waals surface area (Å²) in [7, 11) is 0. The molecule has 0 saturated carbocycles. The molecule has 6 nitrogen and oxygen atoms in total. The quantitative estimate of drug-likeness (QED) is 0.163. The molecule has 5 aromatic carbocycles. The van der Waals surface area contributed by atoms with Crippen LogP contribution in [-0.4, -0.2) is 9.55 Å². The van der Waals surface area contributed by atoms with E-state index in [2.05, 4.69) is 38.7 Å². The number of fused-ring (bicyclic) bond motifs is 4. The molecule has 0 fully saturated rings. The third-order valence-electron chi connectivity index (χ3n) is 7.85. The first-order valence-corrected chi connectivity index (χ1v) is 14.4. The zero-order valence-corrected chi connectivity index (χ0v) is 26.7. The topological polar surface area (TPSA) is 37.9 Å². The minimum atomic E-state index is -0.336. The molecule has 8 rings (SSSR count). The van der Waals surface area contributed by atoms with E-state index in [1.54, 1.807) is 48.1 Å². The molecule has 3 heterocycles. The average Bonchev–Trinajstić information content (AvgIpc) is 3.61. The van der Waals surface area contributed by atoms with E-state index in [9.17, 15) is 4.39 Å². The summed E-state index contributed by atoms with van der Waals surface area (Å²) in [6.45, 7) is 11.6. The van der Waals surface area contributed by atoms with Crippen LogP contribution in [0.4, 0.5) is 32.8 Å². The van der Waals surface area contributed by atoms with Gasteiger partial charge in [-0.05, 0) is 60.3 Å². The summed E-state index contributed by atoms with van der Waals surface area (Å²) in [6.07, 6.45) is 1.80.